The first-order valence-corrected chi connectivity index (χ1v) is 11.9. The van der Waals surface area contributed by atoms with Crippen molar-refractivity contribution < 1.29 is 27.4 Å². The van der Waals surface area contributed by atoms with Crippen LogP contribution in [0.5, 0.6) is 17.2 Å². The molecule has 10 heteroatoms. The number of hydrogen-bond acceptors (Lipinski definition) is 7. The molecule has 172 valence electrons. The van der Waals surface area contributed by atoms with Crippen LogP contribution < -0.4 is 19.0 Å². The smallest absolute Gasteiger partial charge is 0.343 e. The third-order valence-electron chi connectivity index (χ3n) is 4.50. The van der Waals surface area contributed by atoms with Crippen LogP contribution in [0.1, 0.15) is 21.5 Å². The van der Waals surface area contributed by atoms with Gasteiger partial charge in [-0.05, 0) is 55.5 Å². The highest BCUT2D eigenvalue weighted by molar-refractivity contribution is 9.10. The molecule has 0 aliphatic heterocycles. The number of ether oxygens (including phenoxy) is 3. The number of benzene rings is 3. The van der Waals surface area contributed by atoms with E-state index in [1.165, 1.54) is 38.6 Å². The van der Waals surface area contributed by atoms with Crippen LogP contribution in [-0.2, 0) is 10.0 Å². The maximum Gasteiger partial charge on any atom is 0.343 e. The van der Waals surface area contributed by atoms with E-state index in [4.69, 9.17) is 14.2 Å². The van der Waals surface area contributed by atoms with E-state index in [2.05, 4.69) is 25.9 Å². The van der Waals surface area contributed by atoms with Gasteiger partial charge in [-0.25, -0.2) is 9.63 Å². The molecule has 3 aromatic carbocycles. The minimum atomic E-state index is -3.84. The van der Waals surface area contributed by atoms with Crippen molar-refractivity contribution in [3.63, 3.8) is 0 Å². The Morgan fingerprint density at radius 2 is 1.61 bits per heavy atom. The molecule has 0 aromatic heterocycles. The molecule has 0 saturated heterocycles. The molecule has 0 heterocycles. The molecule has 3 aromatic rings. The van der Waals surface area contributed by atoms with Crippen molar-refractivity contribution in [3.05, 3.63) is 81.8 Å². The molecule has 0 saturated carbocycles. The fraction of sp³-hybridized carbons (Fsp3) is 0.130. The molecule has 0 fully saturated rings. The van der Waals surface area contributed by atoms with Crippen molar-refractivity contribution >= 4 is 38.1 Å². The minimum Gasteiger partial charge on any atom is -0.493 e. The van der Waals surface area contributed by atoms with Gasteiger partial charge in [0.25, 0.3) is 10.0 Å². The summed E-state index contributed by atoms with van der Waals surface area (Å²) in [5, 5.41) is 3.83. The highest BCUT2D eigenvalue weighted by atomic mass is 79.9. The lowest BCUT2D eigenvalue weighted by molar-refractivity contribution is 0.0734. The van der Waals surface area contributed by atoms with Gasteiger partial charge in [0.2, 0.25) is 0 Å². The van der Waals surface area contributed by atoms with Crippen LogP contribution in [0.25, 0.3) is 0 Å². The summed E-state index contributed by atoms with van der Waals surface area (Å²) in [4.78, 5) is 14.9. The molecule has 0 radical (unpaired) electrons. The van der Waals surface area contributed by atoms with E-state index in [1.807, 2.05) is 6.92 Å². The van der Waals surface area contributed by atoms with Gasteiger partial charge in [-0.1, -0.05) is 33.6 Å². The highest BCUT2D eigenvalue weighted by Crippen LogP contribution is 2.29. The van der Waals surface area contributed by atoms with E-state index >= 15 is 0 Å². The number of sulfonamides is 1. The molecule has 0 atom stereocenters. The Bertz CT molecular complexity index is 1290. The van der Waals surface area contributed by atoms with E-state index in [-0.39, 0.29) is 16.2 Å². The Morgan fingerprint density at radius 1 is 0.939 bits per heavy atom. The van der Waals surface area contributed by atoms with Gasteiger partial charge in [0.1, 0.15) is 5.75 Å². The number of halogens is 1. The molecular formula is C23H21BrN2O6S. The quantitative estimate of drug-likeness (QED) is 0.200. The molecular weight excluding hydrogens is 512 g/mol. The summed E-state index contributed by atoms with van der Waals surface area (Å²) in [5.41, 5.74) is 1.57. The SMILES string of the molecule is COc1ccc(C(=O)Oc2ccc(Br)cc2/C=N/NS(=O)(=O)c2ccc(C)cc2)cc1OC. The van der Waals surface area contributed by atoms with Crippen molar-refractivity contribution in [1.29, 1.82) is 0 Å². The van der Waals surface area contributed by atoms with Crippen molar-refractivity contribution in [2.75, 3.05) is 14.2 Å². The number of hydrogen-bond donors (Lipinski definition) is 1. The van der Waals surface area contributed by atoms with Gasteiger partial charge in [-0.15, -0.1) is 0 Å². The summed E-state index contributed by atoms with van der Waals surface area (Å²) in [6, 6.07) is 15.9. The molecule has 33 heavy (non-hydrogen) atoms. The van der Waals surface area contributed by atoms with Crippen molar-refractivity contribution in [2.24, 2.45) is 5.10 Å². The molecule has 0 unspecified atom stereocenters. The van der Waals surface area contributed by atoms with Crippen molar-refractivity contribution in [1.82, 2.24) is 4.83 Å². The maximum atomic E-state index is 12.7. The number of nitrogens with one attached hydrogen (secondary N) is 1. The van der Waals surface area contributed by atoms with Gasteiger partial charge in [0.15, 0.2) is 11.5 Å². The first-order valence-electron chi connectivity index (χ1n) is 9.59. The van der Waals surface area contributed by atoms with Crippen LogP contribution >= 0.6 is 15.9 Å². The fourth-order valence-electron chi connectivity index (χ4n) is 2.77. The largest absolute Gasteiger partial charge is 0.493 e. The number of esters is 1. The lowest BCUT2D eigenvalue weighted by Crippen LogP contribution is -2.18. The number of aryl methyl sites for hydroxylation is 1. The van der Waals surface area contributed by atoms with E-state index < -0.39 is 16.0 Å². The fourth-order valence-corrected chi connectivity index (χ4v) is 3.94. The number of carbonyl (C=O) groups is 1. The highest BCUT2D eigenvalue weighted by Gasteiger charge is 2.16. The molecule has 0 amide bonds. The summed E-state index contributed by atoms with van der Waals surface area (Å²) in [7, 11) is -0.881. The summed E-state index contributed by atoms with van der Waals surface area (Å²) in [6.07, 6.45) is 1.26. The van der Waals surface area contributed by atoms with Crippen LogP contribution in [0.3, 0.4) is 0 Å². The number of carbonyl (C=O) groups excluding carboxylic acids is 1. The van der Waals surface area contributed by atoms with Gasteiger partial charge in [0.05, 0.1) is 30.9 Å². The van der Waals surface area contributed by atoms with E-state index in [9.17, 15) is 13.2 Å². The van der Waals surface area contributed by atoms with Gasteiger partial charge in [-0.2, -0.15) is 13.5 Å². The molecule has 3 rings (SSSR count). The number of rotatable bonds is 8. The third kappa shape index (κ3) is 6.11. The summed E-state index contributed by atoms with van der Waals surface area (Å²) >= 11 is 3.35. The number of methoxy groups -OCH3 is 2. The monoisotopic (exact) mass is 532 g/mol. The second kappa shape index (κ2) is 10.5. The summed E-state index contributed by atoms with van der Waals surface area (Å²) < 4.78 is 41.4. The zero-order valence-electron chi connectivity index (χ0n) is 18.0. The average molecular weight is 533 g/mol. The number of nitrogens with zero attached hydrogens (tertiary/aromatic N) is 1. The van der Waals surface area contributed by atoms with Crippen LogP contribution in [0.15, 0.2) is 75.1 Å². The van der Waals surface area contributed by atoms with E-state index in [0.717, 1.165) is 5.56 Å². The first-order chi connectivity index (χ1) is 15.7. The summed E-state index contributed by atoms with van der Waals surface area (Å²) in [5.74, 6) is 0.422. The second-order valence-electron chi connectivity index (χ2n) is 6.81. The Hall–Kier alpha value is -3.37. The molecule has 0 bridgehead atoms. The first kappa shape index (κ1) is 24.3. The van der Waals surface area contributed by atoms with Crippen LogP contribution in [0, 0.1) is 6.92 Å². The zero-order valence-corrected chi connectivity index (χ0v) is 20.4. The van der Waals surface area contributed by atoms with E-state index in [1.54, 1.807) is 42.5 Å². The standard InChI is InChI=1S/C23H21BrN2O6S/c1-15-4-8-19(9-5-15)33(28,29)26-25-14-17-12-18(24)7-11-20(17)32-23(27)16-6-10-21(30-2)22(13-16)31-3/h4-14,26H,1-3H3/b25-14+. The Kier molecular flexibility index (Phi) is 7.72. The van der Waals surface area contributed by atoms with Crippen LogP contribution in [0.2, 0.25) is 0 Å². The predicted molar refractivity (Wildman–Crippen MR) is 128 cm³/mol. The van der Waals surface area contributed by atoms with E-state index in [0.29, 0.717) is 21.5 Å². The minimum absolute atomic E-state index is 0.0830. The number of hydrazone groups is 1. The Morgan fingerprint density at radius 3 is 2.27 bits per heavy atom. The molecule has 0 aliphatic rings. The second-order valence-corrected chi connectivity index (χ2v) is 9.38. The third-order valence-corrected chi connectivity index (χ3v) is 6.23. The van der Waals surface area contributed by atoms with Crippen LogP contribution in [0.4, 0.5) is 0 Å². The van der Waals surface area contributed by atoms with Crippen molar-refractivity contribution in [2.45, 2.75) is 11.8 Å². The van der Waals surface area contributed by atoms with Crippen LogP contribution in [-0.4, -0.2) is 34.8 Å². The Labute approximate surface area is 200 Å². The zero-order chi connectivity index (χ0) is 24.0. The molecule has 0 aliphatic carbocycles. The Balaban J connectivity index is 1.80. The van der Waals surface area contributed by atoms with Gasteiger partial charge in [-0.3, -0.25) is 0 Å². The predicted octanol–water partition coefficient (Wildman–Crippen LogP) is 4.31. The lowest BCUT2D eigenvalue weighted by atomic mass is 10.2. The van der Waals surface area contributed by atoms with Crippen molar-refractivity contribution in [3.8, 4) is 17.2 Å². The molecule has 1 N–H and O–H groups in total. The van der Waals surface area contributed by atoms with Gasteiger partial charge < -0.3 is 14.2 Å². The summed E-state index contributed by atoms with van der Waals surface area (Å²) in [6.45, 7) is 1.86. The molecule has 8 nitrogen and oxygen atoms in total. The lowest BCUT2D eigenvalue weighted by Gasteiger charge is -2.11. The maximum absolute atomic E-state index is 12.7. The topological polar surface area (TPSA) is 103 Å². The normalized spacial score (nSPS) is 11.3. The molecule has 0 spiro atoms. The van der Waals surface area contributed by atoms with Gasteiger partial charge >= 0.3 is 5.97 Å². The van der Waals surface area contributed by atoms with Gasteiger partial charge in [0, 0.05) is 10.0 Å². The average Bonchev–Trinajstić information content (AvgIpc) is 2.80.